The third kappa shape index (κ3) is 5.85. The lowest BCUT2D eigenvalue weighted by atomic mass is 10.1. The highest BCUT2D eigenvalue weighted by molar-refractivity contribution is 7.99. The molecule has 0 aliphatic carbocycles. The van der Waals surface area contributed by atoms with Crippen LogP contribution in [0.5, 0.6) is 0 Å². The van der Waals surface area contributed by atoms with E-state index in [9.17, 15) is 8.78 Å². The van der Waals surface area contributed by atoms with Gasteiger partial charge in [0.05, 0.1) is 0 Å². The van der Waals surface area contributed by atoms with Crippen LogP contribution in [0.25, 0.3) is 0 Å². The van der Waals surface area contributed by atoms with Crippen molar-refractivity contribution in [1.29, 1.82) is 0 Å². The third-order valence-electron chi connectivity index (χ3n) is 2.58. The van der Waals surface area contributed by atoms with Gasteiger partial charge in [0.15, 0.2) is 5.16 Å². The number of rotatable bonds is 7. The molecule has 0 amide bonds. The van der Waals surface area contributed by atoms with Crippen LogP contribution in [-0.4, -0.2) is 32.8 Å². The van der Waals surface area contributed by atoms with Crippen LogP contribution in [0.2, 0.25) is 0 Å². The van der Waals surface area contributed by atoms with Crippen molar-refractivity contribution in [3.63, 3.8) is 0 Å². The summed E-state index contributed by atoms with van der Waals surface area (Å²) < 4.78 is 24.9. The summed E-state index contributed by atoms with van der Waals surface area (Å²) in [5, 5.41) is 6.12. The molecule has 0 aliphatic rings. The van der Waals surface area contributed by atoms with Crippen molar-refractivity contribution in [1.82, 2.24) is 15.0 Å². The lowest BCUT2D eigenvalue weighted by molar-refractivity contribution is 0.251. The zero-order valence-electron chi connectivity index (χ0n) is 12.3. The minimum Gasteiger partial charge on any atom is -0.352 e. The van der Waals surface area contributed by atoms with E-state index in [2.05, 4.69) is 39.4 Å². The number of nitrogens with one attached hydrogen (secondary N) is 2. The van der Waals surface area contributed by atoms with E-state index >= 15 is 0 Å². The average Bonchev–Trinajstić information content (AvgIpc) is 2.25. The Kier molecular flexibility index (Phi) is 6.38. The highest BCUT2D eigenvalue weighted by Gasteiger charge is 2.15. The van der Waals surface area contributed by atoms with E-state index in [4.69, 9.17) is 0 Å². The Morgan fingerprint density at radius 1 is 0.900 bits per heavy atom. The Balaban J connectivity index is 2.96. The second-order valence-electron chi connectivity index (χ2n) is 5.12. The van der Waals surface area contributed by atoms with Gasteiger partial charge in [0.2, 0.25) is 11.9 Å². The average molecular weight is 305 g/mol. The van der Waals surface area contributed by atoms with E-state index in [0.717, 1.165) is 0 Å². The molecule has 2 N–H and O–H groups in total. The summed E-state index contributed by atoms with van der Waals surface area (Å²) >= 11 is 0.314. The predicted octanol–water partition coefficient (Wildman–Crippen LogP) is 3.46. The smallest absolute Gasteiger partial charge is 0.291 e. The number of hydrogen-bond acceptors (Lipinski definition) is 6. The maximum atomic E-state index is 12.5. The standard InChI is InChI=1S/C12H21F2N5S/c1-6(2)8(5)16-11-17-10(15-7(3)4)18-12(19-11)20-9(13)14/h6-9H,1-5H3,(H2,15,16,17,18,19). The summed E-state index contributed by atoms with van der Waals surface area (Å²) in [6, 6.07) is 0.242. The van der Waals surface area contributed by atoms with Crippen molar-refractivity contribution in [3.05, 3.63) is 0 Å². The molecule has 20 heavy (non-hydrogen) atoms. The molecule has 1 unspecified atom stereocenters. The fraction of sp³-hybridized carbons (Fsp3) is 0.750. The summed E-state index contributed by atoms with van der Waals surface area (Å²) in [7, 11) is 0. The van der Waals surface area contributed by atoms with Crippen LogP contribution < -0.4 is 10.6 Å². The minimum absolute atomic E-state index is 0.0107. The van der Waals surface area contributed by atoms with Gasteiger partial charge in [0.1, 0.15) is 0 Å². The van der Waals surface area contributed by atoms with Gasteiger partial charge in [-0.1, -0.05) is 13.8 Å². The van der Waals surface area contributed by atoms with Gasteiger partial charge in [-0.25, -0.2) is 0 Å². The molecule has 0 bridgehead atoms. The lowest BCUT2D eigenvalue weighted by Crippen LogP contribution is -2.24. The number of anilines is 2. The van der Waals surface area contributed by atoms with E-state index < -0.39 is 5.76 Å². The highest BCUT2D eigenvalue weighted by atomic mass is 32.2. The Bertz CT molecular complexity index is 400. The van der Waals surface area contributed by atoms with Gasteiger partial charge in [-0.2, -0.15) is 23.7 Å². The van der Waals surface area contributed by atoms with Crippen LogP contribution in [0, 0.1) is 5.92 Å². The molecule has 0 aromatic carbocycles. The van der Waals surface area contributed by atoms with Crippen LogP contribution in [0.1, 0.15) is 34.6 Å². The molecular weight excluding hydrogens is 284 g/mol. The fourth-order valence-electron chi connectivity index (χ4n) is 1.25. The number of nitrogens with zero attached hydrogens (tertiary/aromatic N) is 3. The third-order valence-corrected chi connectivity index (χ3v) is 3.16. The van der Waals surface area contributed by atoms with E-state index in [1.165, 1.54) is 0 Å². The topological polar surface area (TPSA) is 62.7 Å². The summed E-state index contributed by atoms with van der Waals surface area (Å²) in [6.45, 7) is 9.95. The van der Waals surface area contributed by atoms with Gasteiger partial charge in [-0.05, 0) is 38.5 Å². The summed E-state index contributed by atoms with van der Waals surface area (Å²) in [6.07, 6.45) is 0. The number of thioether (sulfide) groups is 1. The first-order valence-corrected chi connectivity index (χ1v) is 7.39. The molecule has 0 radical (unpaired) electrons. The maximum absolute atomic E-state index is 12.5. The van der Waals surface area contributed by atoms with Gasteiger partial charge in [-0.3, -0.25) is 0 Å². The number of halogens is 2. The molecule has 114 valence electrons. The zero-order valence-corrected chi connectivity index (χ0v) is 13.1. The Morgan fingerprint density at radius 2 is 1.45 bits per heavy atom. The van der Waals surface area contributed by atoms with E-state index in [0.29, 0.717) is 29.6 Å². The fourth-order valence-corrected chi connectivity index (χ4v) is 1.68. The largest absolute Gasteiger partial charge is 0.352 e. The van der Waals surface area contributed by atoms with Crippen LogP contribution in [-0.2, 0) is 0 Å². The van der Waals surface area contributed by atoms with Crippen LogP contribution in [0.15, 0.2) is 5.16 Å². The van der Waals surface area contributed by atoms with Crippen molar-refractivity contribution < 1.29 is 8.78 Å². The van der Waals surface area contributed by atoms with Gasteiger partial charge in [0, 0.05) is 12.1 Å². The van der Waals surface area contributed by atoms with Crippen LogP contribution in [0.3, 0.4) is 0 Å². The minimum atomic E-state index is -2.56. The number of hydrogen-bond donors (Lipinski definition) is 2. The molecule has 0 fully saturated rings. The number of aromatic nitrogens is 3. The summed E-state index contributed by atoms with van der Waals surface area (Å²) in [4.78, 5) is 12.2. The first-order chi connectivity index (χ1) is 9.27. The molecule has 0 spiro atoms. The first kappa shape index (κ1) is 16.9. The predicted molar refractivity (Wildman–Crippen MR) is 78.4 cm³/mol. The Labute approximate surface area is 122 Å². The highest BCUT2D eigenvalue weighted by Crippen LogP contribution is 2.23. The molecule has 1 aromatic rings. The van der Waals surface area contributed by atoms with Crippen molar-refractivity contribution in [2.24, 2.45) is 5.92 Å². The van der Waals surface area contributed by atoms with Gasteiger partial charge in [-0.15, -0.1) is 0 Å². The number of alkyl halides is 2. The molecular formula is C12H21F2N5S. The lowest BCUT2D eigenvalue weighted by Gasteiger charge is -2.18. The SMILES string of the molecule is CC(C)Nc1nc(NC(C)C(C)C)nc(SC(F)F)n1. The molecule has 1 heterocycles. The van der Waals surface area contributed by atoms with Crippen molar-refractivity contribution in [3.8, 4) is 0 Å². The van der Waals surface area contributed by atoms with Crippen molar-refractivity contribution in [2.75, 3.05) is 10.6 Å². The van der Waals surface area contributed by atoms with Crippen molar-refractivity contribution >= 4 is 23.7 Å². The molecule has 5 nitrogen and oxygen atoms in total. The molecule has 0 saturated carbocycles. The normalized spacial score (nSPS) is 13.1. The van der Waals surface area contributed by atoms with Crippen LogP contribution in [0.4, 0.5) is 20.7 Å². The molecule has 0 aliphatic heterocycles. The molecule has 1 aromatic heterocycles. The first-order valence-electron chi connectivity index (χ1n) is 6.52. The maximum Gasteiger partial charge on any atom is 0.291 e. The Hall–Kier alpha value is -1.18. The second-order valence-corrected chi connectivity index (χ2v) is 6.08. The quantitative estimate of drug-likeness (QED) is 0.752. The van der Waals surface area contributed by atoms with Crippen LogP contribution >= 0.6 is 11.8 Å². The summed E-state index contributed by atoms with van der Waals surface area (Å²) in [5.74, 6) is -1.57. The molecule has 8 heteroatoms. The summed E-state index contributed by atoms with van der Waals surface area (Å²) in [5.41, 5.74) is 0. The molecule has 1 atom stereocenters. The van der Waals surface area contributed by atoms with E-state index in [1.807, 2.05) is 20.8 Å². The molecule has 0 saturated heterocycles. The zero-order chi connectivity index (χ0) is 15.3. The second kappa shape index (κ2) is 7.56. The van der Waals surface area contributed by atoms with E-state index in [-0.39, 0.29) is 17.2 Å². The van der Waals surface area contributed by atoms with Gasteiger partial charge >= 0.3 is 0 Å². The molecule has 1 rings (SSSR count). The Morgan fingerprint density at radius 3 is 1.90 bits per heavy atom. The monoisotopic (exact) mass is 305 g/mol. The van der Waals surface area contributed by atoms with E-state index in [1.54, 1.807) is 0 Å². The van der Waals surface area contributed by atoms with Gasteiger partial charge in [0.25, 0.3) is 5.76 Å². The van der Waals surface area contributed by atoms with Crippen molar-refractivity contribution in [2.45, 2.75) is 57.6 Å². The van der Waals surface area contributed by atoms with Gasteiger partial charge < -0.3 is 10.6 Å².